The molecule has 0 atom stereocenters. The minimum absolute atomic E-state index is 0.262. The summed E-state index contributed by atoms with van der Waals surface area (Å²) in [6, 6.07) is 12.4. The molecule has 2 rings (SSSR count). The van der Waals surface area contributed by atoms with Crippen LogP contribution in [-0.4, -0.2) is 11.8 Å². The average molecular weight is 268 g/mol. The van der Waals surface area contributed by atoms with Crippen molar-refractivity contribution in [3.05, 3.63) is 64.7 Å². The number of amides is 2. The minimum Gasteiger partial charge on any atom is -0.366 e. The number of carbonyl (C=O) groups is 2. The summed E-state index contributed by atoms with van der Waals surface area (Å²) in [5.74, 6) is -0.796. The summed E-state index contributed by atoms with van der Waals surface area (Å²) >= 11 is 0. The van der Waals surface area contributed by atoms with E-state index in [0.717, 1.165) is 16.8 Å². The second-order valence-corrected chi connectivity index (χ2v) is 4.66. The van der Waals surface area contributed by atoms with Crippen LogP contribution >= 0.6 is 0 Å². The highest BCUT2D eigenvalue weighted by atomic mass is 16.2. The van der Waals surface area contributed by atoms with E-state index in [4.69, 9.17) is 5.73 Å². The third-order valence-corrected chi connectivity index (χ3v) is 3.16. The van der Waals surface area contributed by atoms with Crippen molar-refractivity contribution in [3.8, 4) is 0 Å². The van der Waals surface area contributed by atoms with E-state index >= 15 is 0 Å². The fraction of sp³-hybridized carbons (Fsp3) is 0.125. The lowest BCUT2D eigenvalue weighted by Crippen LogP contribution is -2.17. The maximum Gasteiger partial charge on any atom is 0.255 e. The fourth-order valence-electron chi connectivity index (χ4n) is 1.94. The number of nitrogens with two attached hydrogens (primary N) is 1. The van der Waals surface area contributed by atoms with Gasteiger partial charge in [-0.25, -0.2) is 0 Å². The molecule has 0 aliphatic heterocycles. The van der Waals surface area contributed by atoms with E-state index < -0.39 is 5.91 Å². The molecule has 0 saturated heterocycles. The number of rotatable bonds is 3. The molecule has 20 heavy (non-hydrogen) atoms. The molecular formula is C16H16N2O2. The topological polar surface area (TPSA) is 72.2 Å². The van der Waals surface area contributed by atoms with Crippen LogP contribution in [0.3, 0.4) is 0 Å². The first-order chi connectivity index (χ1) is 9.49. The molecule has 0 radical (unpaired) electrons. The lowest BCUT2D eigenvalue weighted by Gasteiger charge is -2.09. The van der Waals surface area contributed by atoms with Crippen molar-refractivity contribution in [2.75, 3.05) is 5.32 Å². The molecule has 102 valence electrons. The second kappa shape index (κ2) is 5.57. The maximum atomic E-state index is 12.2. The predicted molar refractivity (Wildman–Crippen MR) is 78.8 cm³/mol. The first-order valence-corrected chi connectivity index (χ1v) is 6.26. The summed E-state index contributed by atoms with van der Waals surface area (Å²) in [7, 11) is 0. The summed E-state index contributed by atoms with van der Waals surface area (Å²) in [5.41, 5.74) is 8.54. The molecule has 0 bridgehead atoms. The molecule has 2 amide bonds. The van der Waals surface area contributed by atoms with Gasteiger partial charge in [-0.15, -0.1) is 0 Å². The summed E-state index contributed by atoms with van der Waals surface area (Å²) in [4.78, 5) is 23.5. The second-order valence-electron chi connectivity index (χ2n) is 4.66. The SMILES string of the molecule is Cc1ccccc1NC(=O)c1ccc(C)c(C(N)=O)c1. The van der Waals surface area contributed by atoms with Crippen LogP contribution < -0.4 is 11.1 Å². The molecule has 2 aromatic carbocycles. The van der Waals surface area contributed by atoms with Crippen LogP contribution in [0.25, 0.3) is 0 Å². The van der Waals surface area contributed by atoms with Crippen molar-refractivity contribution in [2.45, 2.75) is 13.8 Å². The molecule has 4 heteroatoms. The van der Waals surface area contributed by atoms with Gasteiger partial charge in [0.25, 0.3) is 5.91 Å². The molecule has 0 aliphatic rings. The van der Waals surface area contributed by atoms with Crippen LogP contribution in [-0.2, 0) is 0 Å². The maximum absolute atomic E-state index is 12.2. The van der Waals surface area contributed by atoms with Crippen LogP contribution in [0.1, 0.15) is 31.8 Å². The molecule has 0 aliphatic carbocycles. The highest BCUT2D eigenvalue weighted by molar-refractivity contribution is 6.06. The molecule has 3 N–H and O–H groups in total. The van der Waals surface area contributed by atoms with Crippen molar-refractivity contribution < 1.29 is 9.59 Å². The number of nitrogens with one attached hydrogen (secondary N) is 1. The Hall–Kier alpha value is -2.62. The van der Waals surface area contributed by atoms with Gasteiger partial charge in [-0.3, -0.25) is 9.59 Å². The van der Waals surface area contributed by atoms with Crippen molar-refractivity contribution in [3.63, 3.8) is 0 Å². The van der Waals surface area contributed by atoms with Crippen LogP contribution in [0.15, 0.2) is 42.5 Å². The predicted octanol–water partition coefficient (Wildman–Crippen LogP) is 2.65. The Morgan fingerprint density at radius 1 is 1.00 bits per heavy atom. The van der Waals surface area contributed by atoms with Gasteiger partial charge < -0.3 is 11.1 Å². The van der Waals surface area contributed by atoms with Crippen molar-refractivity contribution in [1.29, 1.82) is 0 Å². The lowest BCUT2D eigenvalue weighted by molar-refractivity contribution is 0.0999. The smallest absolute Gasteiger partial charge is 0.255 e. The number of primary amides is 1. The van der Waals surface area contributed by atoms with Gasteiger partial charge in [0.2, 0.25) is 5.91 Å². The van der Waals surface area contributed by atoms with Crippen LogP contribution in [0.4, 0.5) is 5.69 Å². The normalized spacial score (nSPS) is 10.1. The Labute approximate surface area is 117 Å². The third-order valence-electron chi connectivity index (χ3n) is 3.16. The van der Waals surface area contributed by atoms with Gasteiger partial charge in [-0.05, 0) is 43.2 Å². The molecule has 0 aromatic heterocycles. The zero-order valence-corrected chi connectivity index (χ0v) is 11.4. The molecule has 0 saturated carbocycles. The first kappa shape index (κ1) is 13.8. The number of hydrogen-bond acceptors (Lipinski definition) is 2. The molecule has 2 aromatic rings. The zero-order chi connectivity index (χ0) is 14.7. The highest BCUT2D eigenvalue weighted by Gasteiger charge is 2.11. The standard InChI is InChI=1S/C16H16N2O2/c1-10-7-8-12(9-13(10)15(17)19)16(20)18-14-6-4-3-5-11(14)2/h3-9H,1-2H3,(H2,17,19)(H,18,20). The van der Waals surface area contributed by atoms with Crippen molar-refractivity contribution >= 4 is 17.5 Å². The minimum atomic E-state index is -0.534. The molecule has 0 unspecified atom stereocenters. The van der Waals surface area contributed by atoms with Gasteiger partial charge in [0.05, 0.1) is 0 Å². The number of para-hydroxylation sites is 1. The first-order valence-electron chi connectivity index (χ1n) is 6.26. The van der Waals surface area contributed by atoms with E-state index in [1.54, 1.807) is 19.1 Å². The monoisotopic (exact) mass is 268 g/mol. The zero-order valence-electron chi connectivity index (χ0n) is 11.4. The summed E-state index contributed by atoms with van der Waals surface area (Å²) in [6.07, 6.45) is 0. The van der Waals surface area contributed by atoms with E-state index in [1.807, 2.05) is 31.2 Å². The Morgan fingerprint density at radius 3 is 2.35 bits per heavy atom. The van der Waals surface area contributed by atoms with E-state index in [-0.39, 0.29) is 5.91 Å². The largest absolute Gasteiger partial charge is 0.366 e. The number of hydrogen-bond donors (Lipinski definition) is 2. The van der Waals surface area contributed by atoms with E-state index in [9.17, 15) is 9.59 Å². The highest BCUT2D eigenvalue weighted by Crippen LogP contribution is 2.16. The lowest BCUT2D eigenvalue weighted by atomic mass is 10.0. The molecule has 4 nitrogen and oxygen atoms in total. The Bertz CT molecular complexity index is 678. The van der Waals surface area contributed by atoms with Crippen molar-refractivity contribution in [2.24, 2.45) is 5.73 Å². The number of aryl methyl sites for hydroxylation is 2. The summed E-state index contributed by atoms with van der Waals surface area (Å²) < 4.78 is 0. The van der Waals surface area contributed by atoms with Gasteiger partial charge in [-0.1, -0.05) is 24.3 Å². The van der Waals surface area contributed by atoms with E-state index in [2.05, 4.69) is 5.32 Å². The van der Waals surface area contributed by atoms with Gasteiger partial charge in [0.1, 0.15) is 0 Å². The van der Waals surface area contributed by atoms with Crippen molar-refractivity contribution in [1.82, 2.24) is 0 Å². The van der Waals surface area contributed by atoms with Gasteiger partial charge in [0.15, 0.2) is 0 Å². The van der Waals surface area contributed by atoms with Crippen LogP contribution in [0.2, 0.25) is 0 Å². The number of anilines is 1. The quantitative estimate of drug-likeness (QED) is 0.898. The fourth-order valence-corrected chi connectivity index (χ4v) is 1.94. The van der Waals surface area contributed by atoms with E-state index in [0.29, 0.717) is 11.1 Å². The molecule has 0 heterocycles. The van der Waals surface area contributed by atoms with Gasteiger partial charge in [0, 0.05) is 16.8 Å². The van der Waals surface area contributed by atoms with E-state index in [1.165, 1.54) is 6.07 Å². The van der Waals surface area contributed by atoms with Gasteiger partial charge in [-0.2, -0.15) is 0 Å². The Kier molecular flexibility index (Phi) is 3.84. The Morgan fingerprint density at radius 2 is 1.70 bits per heavy atom. The van der Waals surface area contributed by atoms with Gasteiger partial charge >= 0.3 is 0 Å². The third kappa shape index (κ3) is 2.85. The molecule has 0 spiro atoms. The van der Waals surface area contributed by atoms with Crippen LogP contribution in [0.5, 0.6) is 0 Å². The number of carbonyl (C=O) groups excluding carboxylic acids is 2. The molecular weight excluding hydrogens is 252 g/mol. The summed E-state index contributed by atoms with van der Waals surface area (Å²) in [6.45, 7) is 3.70. The van der Waals surface area contributed by atoms with Crippen LogP contribution in [0, 0.1) is 13.8 Å². The molecule has 0 fully saturated rings. The average Bonchev–Trinajstić information content (AvgIpc) is 2.41. The number of benzene rings is 2. The Balaban J connectivity index is 2.28. The summed E-state index contributed by atoms with van der Waals surface area (Å²) in [5, 5.41) is 2.82.